The lowest BCUT2D eigenvalue weighted by Gasteiger charge is -2.21. The molecule has 1 rings (SSSR count). The van der Waals surface area contributed by atoms with E-state index in [9.17, 15) is 0 Å². The Kier molecular flexibility index (Phi) is 5.44. The highest BCUT2D eigenvalue weighted by molar-refractivity contribution is 6.30. The van der Waals surface area contributed by atoms with Crippen LogP contribution in [0.1, 0.15) is 32.3 Å². The lowest BCUT2D eigenvalue weighted by Crippen LogP contribution is -2.33. The van der Waals surface area contributed by atoms with Crippen molar-refractivity contribution < 1.29 is 0 Å². The van der Waals surface area contributed by atoms with Crippen molar-refractivity contribution in [1.29, 1.82) is 0 Å². The summed E-state index contributed by atoms with van der Waals surface area (Å²) in [5, 5.41) is 0.793. The van der Waals surface area contributed by atoms with Crippen molar-refractivity contribution in [3.05, 3.63) is 34.9 Å². The van der Waals surface area contributed by atoms with Gasteiger partial charge in [-0.05, 0) is 58.0 Å². The Morgan fingerprint density at radius 2 is 1.82 bits per heavy atom. The van der Waals surface area contributed by atoms with Crippen LogP contribution >= 0.6 is 11.6 Å². The quantitative estimate of drug-likeness (QED) is 0.844. The van der Waals surface area contributed by atoms with Gasteiger partial charge >= 0.3 is 0 Å². The topological polar surface area (TPSA) is 29.3 Å². The van der Waals surface area contributed by atoms with Crippen molar-refractivity contribution in [2.24, 2.45) is 5.73 Å². The van der Waals surface area contributed by atoms with Crippen molar-refractivity contribution in [3.63, 3.8) is 0 Å². The maximum atomic E-state index is 5.96. The van der Waals surface area contributed by atoms with Gasteiger partial charge in [-0.1, -0.05) is 23.7 Å². The third kappa shape index (κ3) is 6.67. The largest absolute Gasteiger partial charge is 0.326 e. The molecule has 0 aliphatic carbocycles. The second-order valence-corrected chi connectivity index (χ2v) is 5.89. The van der Waals surface area contributed by atoms with Crippen LogP contribution in [0, 0.1) is 0 Å². The second kappa shape index (κ2) is 6.39. The molecule has 0 saturated carbocycles. The van der Waals surface area contributed by atoms with Crippen LogP contribution in [-0.4, -0.2) is 24.0 Å². The van der Waals surface area contributed by atoms with Crippen LogP contribution < -0.4 is 5.73 Å². The molecule has 0 saturated heterocycles. The molecule has 2 nitrogen and oxygen atoms in total. The Morgan fingerprint density at radius 1 is 1.24 bits per heavy atom. The van der Waals surface area contributed by atoms with Crippen LogP contribution in [0.4, 0.5) is 0 Å². The molecule has 0 unspecified atom stereocenters. The Balaban J connectivity index is 2.30. The standard InChI is InChI=1S/C14H23ClN2/c1-14(2,16)9-4-10-17(3)11-12-5-7-13(15)8-6-12/h5-8H,4,9-11,16H2,1-3H3. The van der Waals surface area contributed by atoms with Gasteiger partial charge in [-0.25, -0.2) is 0 Å². The number of nitrogens with two attached hydrogens (primary N) is 1. The van der Waals surface area contributed by atoms with Crippen LogP contribution in [0.15, 0.2) is 24.3 Å². The first-order valence-corrected chi connectivity index (χ1v) is 6.46. The SMILES string of the molecule is CN(CCCC(C)(C)N)Cc1ccc(Cl)cc1. The van der Waals surface area contributed by atoms with E-state index in [1.165, 1.54) is 5.56 Å². The highest BCUT2D eigenvalue weighted by Gasteiger charge is 2.10. The summed E-state index contributed by atoms with van der Waals surface area (Å²) in [5.74, 6) is 0. The molecular weight excluding hydrogens is 232 g/mol. The smallest absolute Gasteiger partial charge is 0.0406 e. The summed E-state index contributed by atoms with van der Waals surface area (Å²) >= 11 is 5.85. The van der Waals surface area contributed by atoms with E-state index >= 15 is 0 Å². The number of hydrogen-bond donors (Lipinski definition) is 1. The Bertz CT molecular complexity index is 327. The van der Waals surface area contributed by atoms with Gasteiger partial charge in [0, 0.05) is 17.1 Å². The normalized spacial score (nSPS) is 12.1. The molecule has 17 heavy (non-hydrogen) atoms. The van der Waals surface area contributed by atoms with Crippen LogP contribution in [0.25, 0.3) is 0 Å². The van der Waals surface area contributed by atoms with Crippen molar-refractivity contribution in [3.8, 4) is 0 Å². The molecule has 0 bridgehead atoms. The van der Waals surface area contributed by atoms with Crippen LogP contribution in [0.2, 0.25) is 5.02 Å². The lowest BCUT2D eigenvalue weighted by molar-refractivity contribution is 0.303. The Hall–Kier alpha value is -0.570. The van der Waals surface area contributed by atoms with E-state index in [4.69, 9.17) is 17.3 Å². The zero-order valence-corrected chi connectivity index (χ0v) is 11.8. The minimum Gasteiger partial charge on any atom is -0.326 e. The van der Waals surface area contributed by atoms with Crippen LogP contribution in [0.5, 0.6) is 0 Å². The van der Waals surface area contributed by atoms with E-state index in [0.717, 1.165) is 31.0 Å². The minimum atomic E-state index is -0.0545. The van der Waals surface area contributed by atoms with Gasteiger partial charge in [-0.3, -0.25) is 0 Å². The molecule has 3 heteroatoms. The third-order valence-corrected chi connectivity index (χ3v) is 2.98. The first-order chi connectivity index (χ1) is 7.87. The van der Waals surface area contributed by atoms with E-state index in [0.29, 0.717) is 0 Å². The Labute approximate surface area is 110 Å². The first-order valence-electron chi connectivity index (χ1n) is 6.09. The molecule has 0 spiro atoms. The van der Waals surface area contributed by atoms with Crippen molar-refractivity contribution in [2.45, 2.75) is 38.8 Å². The highest BCUT2D eigenvalue weighted by atomic mass is 35.5. The first kappa shape index (κ1) is 14.5. The maximum absolute atomic E-state index is 5.96. The number of rotatable bonds is 6. The summed E-state index contributed by atoms with van der Waals surface area (Å²) in [5.41, 5.74) is 7.20. The number of halogens is 1. The summed E-state index contributed by atoms with van der Waals surface area (Å²) < 4.78 is 0. The van der Waals surface area contributed by atoms with Crippen molar-refractivity contribution in [1.82, 2.24) is 4.90 Å². The molecule has 0 aliphatic rings. The van der Waals surface area contributed by atoms with E-state index < -0.39 is 0 Å². The number of hydrogen-bond acceptors (Lipinski definition) is 2. The van der Waals surface area contributed by atoms with Crippen LogP contribution in [-0.2, 0) is 6.54 Å². The van der Waals surface area contributed by atoms with Crippen molar-refractivity contribution >= 4 is 11.6 Å². The Morgan fingerprint density at radius 3 is 2.35 bits per heavy atom. The molecule has 2 N–H and O–H groups in total. The lowest BCUT2D eigenvalue weighted by atomic mass is 10.00. The van der Waals surface area contributed by atoms with Gasteiger partial charge in [-0.2, -0.15) is 0 Å². The molecule has 1 aromatic carbocycles. The number of benzene rings is 1. The average molecular weight is 255 g/mol. The average Bonchev–Trinajstić information content (AvgIpc) is 2.19. The monoisotopic (exact) mass is 254 g/mol. The summed E-state index contributed by atoms with van der Waals surface area (Å²) in [7, 11) is 2.14. The molecule has 0 aromatic heterocycles. The molecule has 0 radical (unpaired) electrons. The molecular formula is C14H23ClN2. The predicted octanol–water partition coefficient (Wildman–Crippen LogP) is 3.29. The van der Waals surface area contributed by atoms with Gasteiger partial charge in [-0.15, -0.1) is 0 Å². The summed E-state index contributed by atoms with van der Waals surface area (Å²) in [4.78, 5) is 2.31. The van der Waals surface area contributed by atoms with Gasteiger partial charge in [0.05, 0.1) is 0 Å². The van der Waals surface area contributed by atoms with E-state index in [2.05, 4.69) is 37.9 Å². The third-order valence-electron chi connectivity index (χ3n) is 2.73. The summed E-state index contributed by atoms with van der Waals surface area (Å²) in [6, 6.07) is 8.03. The molecule has 0 aliphatic heterocycles. The molecule has 0 heterocycles. The summed E-state index contributed by atoms with van der Waals surface area (Å²) in [6.07, 6.45) is 2.19. The molecule has 0 fully saturated rings. The zero-order valence-electron chi connectivity index (χ0n) is 11.0. The second-order valence-electron chi connectivity index (χ2n) is 5.46. The fourth-order valence-corrected chi connectivity index (χ4v) is 1.91. The fourth-order valence-electron chi connectivity index (χ4n) is 1.79. The van der Waals surface area contributed by atoms with Gasteiger partial charge in [0.25, 0.3) is 0 Å². The molecule has 0 atom stereocenters. The van der Waals surface area contributed by atoms with Gasteiger partial charge in [0.15, 0.2) is 0 Å². The maximum Gasteiger partial charge on any atom is 0.0406 e. The van der Waals surface area contributed by atoms with Gasteiger partial charge in [0.2, 0.25) is 0 Å². The van der Waals surface area contributed by atoms with Gasteiger partial charge in [0.1, 0.15) is 0 Å². The fraction of sp³-hybridized carbons (Fsp3) is 0.571. The van der Waals surface area contributed by atoms with E-state index in [1.54, 1.807) is 0 Å². The zero-order chi connectivity index (χ0) is 12.9. The van der Waals surface area contributed by atoms with Crippen molar-refractivity contribution in [2.75, 3.05) is 13.6 Å². The van der Waals surface area contributed by atoms with E-state index in [-0.39, 0.29) is 5.54 Å². The molecule has 1 aromatic rings. The van der Waals surface area contributed by atoms with Gasteiger partial charge < -0.3 is 10.6 Å². The predicted molar refractivity (Wildman–Crippen MR) is 75.3 cm³/mol. The molecule has 96 valence electrons. The minimum absolute atomic E-state index is 0.0545. The summed E-state index contributed by atoms with van der Waals surface area (Å²) in [6.45, 7) is 6.18. The van der Waals surface area contributed by atoms with E-state index in [1.807, 2.05) is 12.1 Å². The highest BCUT2D eigenvalue weighted by Crippen LogP contribution is 2.12. The number of nitrogens with zero attached hydrogens (tertiary/aromatic N) is 1. The van der Waals surface area contributed by atoms with Crippen LogP contribution in [0.3, 0.4) is 0 Å². The molecule has 0 amide bonds.